The third-order valence-corrected chi connectivity index (χ3v) is 3.09. The zero-order valence-corrected chi connectivity index (χ0v) is 11.1. The molecule has 0 aliphatic carbocycles. The van der Waals surface area contributed by atoms with E-state index in [1.165, 1.54) is 0 Å². The summed E-state index contributed by atoms with van der Waals surface area (Å²) >= 11 is 0. The summed E-state index contributed by atoms with van der Waals surface area (Å²) in [6, 6.07) is 13.5. The first-order valence-electron chi connectivity index (χ1n) is 6.60. The van der Waals surface area contributed by atoms with Crippen molar-refractivity contribution in [2.75, 3.05) is 12.3 Å². The average Bonchev–Trinajstić information content (AvgIpc) is 2.90. The van der Waals surface area contributed by atoms with Gasteiger partial charge in [-0.2, -0.15) is 0 Å². The van der Waals surface area contributed by atoms with E-state index in [2.05, 4.69) is 10.2 Å². The van der Waals surface area contributed by atoms with Gasteiger partial charge in [0.15, 0.2) is 5.65 Å². The Hall–Kier alpha value is -2.56. The van der Waals surface area contributed by atoms with Crippen molar-refractivity contribution < 1.29 is 4.74 Å². The minimum absolute atomic E-state index is 0.645. The lowest BCUT2D eigenvalue weighted by molar-refractivity contribution is 0.309. The largest absolute Gasteiger partial charge is 0.494 e. The molecule has 5 heteroatoms. The number of para-hydroxylation sites is 1. The summed E-state index contributed by atoms with van der Waals surface area (Å²) in [4.78, 5) is 0. The van der Waals surface area contributed by atoms with Crippen LogP contribution in [0.5, 0.6) is 5.75 Å². The number of fused-ring (bicyclic) bond motifs is 1. The van der Waals surface area contributed by atoms with Gasteiger partial charge in [0, 0.05) is 12.6 Å². The van der Waals surface area contributed by atoms with Crippen molar-refractivity contribution in [1.29, 1.82) is 0 Å². The number of anilines is 1. The van der Waals surface area contributed by atoms with E-state index in [9.17, 15) is 0 Å². The lowest BCUT2D eigenvalue weighted by Gasteiger charge is -2.05. The number of aromatic nitrogens is 3. The highest BCUT2D eigenvalue weighted by Crippen LogP contribution is 2.13. The molecule has 0 unspecified atom stereocenters. The van der Waals surface area contributed by atoms with Crippen molar-refractivity contribution in [1.82, 2.24) is 14.6 Å². The molecule has 0 aliphatic rings. The van der Waals surface area contributed by atoms with Crippen molar-refractivity contribution in [3.8, 4) is 5.75 Å². The fourth-order valence-corrected chi connectivity index (χ4v) is 2.09. The van der Waals surface area contributed by atoms with Gasteiger partial charge in [-0.1, -0.05) is 18.2 Å². The van der Waals surface area contributed by atoms with E-state index in [1.807, 2.05) is 53.1 Å². The van der Waals surface area contributed by atoms with Gasteiger partial charge in [0.1, 0.15) is 11.6 Å². The molecule has 2 heterocycles. The third kappa shape index (κ3) is 2.56. The molecule has 0 spiro atoms. The number of hydrogen-bond donors (Lipinski definition) is 1. The molecule has 2 aromatic heterocycles. The molecule has 0 saturated carbocycles. The highest BCUT2D eigenvalue weighted by molar-refractivity contribution is 5.63. The maximum atomic E-state index is 5.85. The minimum Gasteiger partial charge on any atom is -0.494 e. The normalized spacial score (nSPS) is 10.8. The molecule has 3 aromatic rings. The molecule has 0 saturated heterocycles. The predicted octanol–water partition coefficient (Wildman–Crippen LogP) is 2.32. The number of nitrogen functional groups attached to an aromatic ring is 1. The SMILES string of the molecule is Nc1cccn2c(CCCOc3ccccc3)nnc12. The highest BCUT2D eigenvalue weighted by Gasteiger charge is 2.06. The fraction of sp³-hybridized carbons (Fsp3) is 0.200. The Morgan fingerprint density at radius 3 is 2.75 bits per heavy atom. The predicted molar refractivity (Wildman–Crippen MR) is 77.7 cm³/mol. The molecule has 2 N–H and O–H groups in total. The van der Waals surface area contributed by atoms with Crippen LogP contribution in [0.1, 0.15) is 12.2 Å². The summed E-state index contributed by atoms with van der Waals surface area (Å²) in [6.07, 6.45) is 3.61. The molecule has 1 aromatic carbocycles. The van der Waals surface area contributed by atoms with Crippen LogP contribution in [-0.2, 0) is 6.42 Å². The lowest BCUT2D eigenvalue weighted by Crippen LogP contribution is -2.02. The third-order valence-electron chi connectivity index (χ3n) is 3.09. The van der Waals surface area contributed by atoms with Crippen LogP contribution in [0.2, 0.25) is 0 Å². The van der Waals surface area contributed by atoms with E-state index < -0.39 is 0 Å². The van der Waals surface area contributed by atoms with Gasteiger partial charge in [0.25, 0.3) is 0 Å². The van der Waals surface area contributed by atoms with Gasteiger partial charge in [0.2, 0.25) is 0 Å². The second-order valence-electron chi connectivity index (χ2n) is 4.54. The number of rotatable bonds is 5. The van der Waals surface area contributed by atoms with Crippen molar-refractivity contribution in [3.63, 3.8) is 0 Å². The van der Waals surface area contributed by atoms with E-state index in [4.69, 9.17) is 10.5 Å². The van der Waals surface area contributed by atoms with Crippen LogP contribution in [0.3, 0.4) is 0 Å². The lowest BCUT2D eigenvalue weighted by atomic mass is 10.3. The van der Waals surface area contributed by atoms with Gasteiger partial charge in [-0.3, -0.25) is 4.40 Å². The molecular formula is C15H16N4O. The Balaban J connectivity index is 1.59. The standard InChI is InChI=1S/C15H16N4O/c16-13-8-4-10-19-14(17-18-15(13)19)9-5-11-20-12-6-2-1-3-7-12/h1-4,6-8,10H,5,9,11,16H2. The van der Waals surface area contributed by atoms with Crippen LogP contribution in [0.15, 0.2) is 48.7 Å². The van der Waals surface area contributed by atoms with Crippen LogP contribution < -0.4 is 10.5 Å². The number of pyridine rings is 1. The Labute approximate surface area is 117 Å². The fourth-order valence-electron chi connectivity index (χ4n) is 2.09. The van der Waals surface area contributed by atoms with Crippen LogP contribution >= 0.6 is 0 Å². The number of nitrogens with zero attached hydrogens (tertiary/aromatic N) is 3. The minimum atomic E-state index is 0.645. The van der Waals surface area contributed by atoms with E-state index in [-0.39, 0.29) is 0 Å². The molecule has 0 amide bonds. The van der Waals surface area contributed by atoms with E-state index in [0.717, 1.165) is 24.4 Å². The smallest absolute Gasteiger partial charge is 0.183 e. The van der Waals surface area contributed by atoms with Crippen molar-refractivity contribution >= 4 is 11.3 Å². The molecule has 20 heavy (non-hydrogen) atoms. The molecule has 0 fully saturated rings. The van der Waals surface area contributed by atoms with Gasteiger partial charge in [0.05, 0.1) is 12.3 Å². The van der Waals surface area contributed by atoms with Gasteiger partial charge >= 0.3 is 0 Å². The van der Waals surface area contributed by atoms with Gasteiger partial charge in [-0.05, 0) is 30.7 Å². The Morgan fingerprint density at radius 1 is 1.05 bits per heavy atom. The topological polar surface area (TPSA) is 65.4 Å². The zero-order chi connectivity index (χ0) is 13.8. The number of nitrogens with two attached hydrogens (primary N) is 1. The van der Waals surface area contributed by atoms with Gasteiger partial charge < -0.3 is 10.5 Å². The first-order valence-corrected chi connectivity index (χ1v) is 6.60. The number of aryl methyl sites for hydroxylation is 1. The van der Waals surface area contributed by atoms with Crippen molar-refractivity contribution in [2.24, 2.45) is 0 Å². The quantitative estimate of drug-likeness (QED) is 0.721. The Bertz CT molecular complexity index is 693. The van der Waals surface area contributed by atoms with E-state index in [0.29, 0.717) is 17.9 Å². The highest BCUT2D eigenvalue weighted by atomic mass is 16.5. The molecule has 0 radical (unpaired) electrons. The van der Waals surface area contributed by atoms with E-state index in [1.54, 1.807) is 0 Å². The van der Waals surface area contributed by atoms with E-state index >= 15 is 0 Å². The molecule has 3 rings (SSSR count). The molecule has 5 nitrogen and oxygen atoms in total. The maximum Gasteiger partial charge on any atom is 0.183 e. The first-order chi connectivity index (χ1) is 9.84. The number of ether oxygens (including phenoxy) is 1. The summed E-state index contributed by atoms with van der Waals surface area (Å²) < 4.78 is 7.59. The monoisotopic (exact) mass is 268 g/mol. The second kappa shape index (κ2) is 5.61. The molecule has 0 aliphatic heterocycles. The maximum absolute atomic E-state index is 5.85. The summed E-state index contributed by atoms with van der Waals surface area (Å²) in [6.45, 7) is 0.654. The number of hydrogen-bond acceptors (Lipinski definition) is 4. The first kappa shape index (κ1) is 12.5. The summed E-state index contributed by atoms with van der Waals surface area (Å²) in [5.74, 6) is 1.80. The molecule has 0 atom stereocenters. The van der Waals surface area contributed by atoms with Gasteiger partial charge in [-0.25, -0.2) is 0 Å². The van der Waals surface area contributed by atoms with Crippen molar-refractivity contribution in [2.45, 2.75) is 12.8 Å². The Morgan fingerprint density at radius 2 is 1.90 bits per heavy atom. The summed E-state index contributed by atoms with van der Waals surface area (Å²) in [5.41, 5.74) is 7.21. The van der Waals surface area contributed by atoms with Crippen LogP contribution in [0.4, 0.5) is 5.69 Å². The molecule has 0 bridgehead atoms. The number of benzene rings is 1. The van der Waals surface area contributed by atoms with Crippen molar-refractivity contribution in [3.05, 3.63) is 54.5 Å². The van der Waals surface area contributed by atoms with Crippen LogP contribution in [0.25, 0.3) is 5.65 Å². The molecular weight excluding hydrogens is 252 g/mol. The second-order valence-corrected chi connectivity index (χ2v) is 4.54. The van der Waals surface area contributed by atoms with Gasteiger partial charge in [-0.15, -0.1) is 10.2 Å². The average molecular weight is 268 g/mol. The molecule has 102 valence electrons. The van der Waals surface area contributed by atoms with Crippen LogP contribution in [0, 0.1) is 0 Å². The van der Waals surface area contributed by atoms with Crippen LogP contribution in [-0.4, -0.2) is 21.2 Å². The summed E-state index contributed by atoms with van der Waals surface area (Å²) in [7, 11) is 0. The summed E-state index contributed by atoms with van der Waals surface area (Å²) in [5, 5.41) is 8.28. The zero-order valence-electron chi connectivity index (χ0n) is 11.1. The Kier molecular flexibility index (Phi) is 3.50.